The van der Waals surface area contributed by atoms with Gasteiger partial charge in [-0.1, -0.05) is 48.0 Å². The summed E-state index contributed by atoms with van der Waals surface area (Å²) in [5.41, 5.74) is 6.81. The molecule has 3 aromatic carbocycles. The molecule has 0 aliphatic rings. The molecule has 0 radical (unpaired) electrons. The number of hydrogen-bond acceptors (Lipinski definition) is 3. The van der Waals surface area contributed by atoms with Crippen molar-refractivity contribution < 1.29 is 9.21 Å². The SMILES string of the molecule is Cc1ccc(C)c(-c2coc(-c3ccc(NC(=O)NCc4ccccc4)cc3)n2)c1. The van der Waals surface area contributed by atoms with Gasteiger partial charge in [0.05, 0.1) is 0 Å². The van der Waals surface area contributed by atoms with Crippen LogP contribution in [0.25, 0.3) is 22.7 Å². The Kier molecular flexibility index (Phi) is 5.61. The van der Waals surface area contributed by atoms with Crippen LogP contribution in [-0.2, 0) is 6.54 Å². The second kappa shape index (κ2) is 8.66. The Balaban J connectivity index is 1.41. The summed E-state index contributed by atoms with van der Waals surface area (Å²) in [6.07, 6.45) is 1.68. The molecule has 0 unspecified atom stereocenters. The number of carbonyl (C=O) groups is 1. The third-order valence-electron chi connectivity index (χ3n) is 4.86. The van der Waals surface area contributed by atoms with E-state index in [4.69, 9.17) is 4.42 Å². The number of urea groups is 1. The van der Waals surface area contributed by atoms with Crippen LogP contribution >= 0.6 is 0 Å². The summed E-state index contributed by atoms with van der Waals surface area (Å²) in [5.74, 6) is 0.547. The zero-order valence-corrected chi connectivity index (χ0v) is 17.0. The second-order valence-corrected chi connectivity index (χ2v) is 7.23. The van der Waals surface area contributed by atoms with E-state index in [1.54, 1.807) is 6.26 Å². The van der Waals surface area contributed by atoms with Gasteiger partial charge < -0.3 is 15.1 Å². The number of nitrogens with zero attached hydrogens (tertiary/aromatic N) is 1. The fraction of sp³-hybridized carbons (Fsp3) is 0.120. The number of oxazole rings is 1. The predicted molar refractivity (Wildman–Crippen MR) is 119 cm³/mol. The van der Waals surface area contributed by atoms with E-state index < -0.39 is 0 Å². The number of aryl methyl sites for hydroxylation is 2. The van der Waals surface area contributed by atoms with Crippen molar-refractivity contribution >= 4 is 11.7 Å². The number of carbonyl (C=O) groups excluding carboxylic acids is 1. The van der Waals surface area contributed by atoms with Crippen molar-refractivity contribution in [1.29, 1.82) is 0 Å². The average molecular weight is 397 g/mol. The molecule has 0 saturated heterocycles. The summed E-state index contributed by atoms with van der Waals surface area (Å²) in [4.78, 5) is 16.7. The lowest BCUT2D eigenvalue weighted by Gasteiger charge is -2.08. The third kappa shape index (κ3) is 4.58. The van der Waals surface area contributed by atoms with Crippen molar-refractivity contribution in [2.45, 2.75) is 20.4 Å². The maximum atomic E-state index is 12.1. The molecule has 0 spiro atoms. The molecule has 0 aliphatic heterocycles. The first-order chi connectivity index (χ1) is 14.6. The lowest BCUT2D eigenvalue weighted by Crippen LogP contribution is -2.28. The third-order valence-corrected chi connectivity index (χ3v) is 4.86. The minimum absolute atomic E-state index is 0.250. The normalized spacial score (nSPS) is 10.6. The van der Waals surface area contributed by atoms with Gasteiger partial charge in [0, 0.05) is 23.4 Å². The molecule has 0 fully saturated rings. The van der Waals surface area contributed by atoms with Crippen LogP contribution in [0.3, 0.4) is 0 Å². The molecule has 150 valence electrons. The van der Waals surface area contributed by atoms with Crippen LogP contribution < -0.4 is 10.6 Å². The Hall–Kier alpha value is -3.86. The first kappa shape index (κ1) is 19.5. The fourth-order valence-electron chi connectivity index (χ4n) is 3.19. The van der Waals surface area contributed by atoms with Gasteiger partial charge in [0.1, 0.15) is 12.0 Å². The Morgan fingerprint density at radius 2 is 1.73 bits per heavy atom. The molecule has 30 heavy (non-hydrogen) atoms. The first-order valence-electron chi connectivity index (χ1n) is 9.81. The standard InChI is InChI=1S/C25H23N3O2/c1-17-8-9-18(2)22(14-17)23-16-30-24(28-23)20-10-12-21(13-11-20)27-25(29)26-15-19-6-4-3-5-7-19/h3-14,16H,15H2,1-2H3,(H2,26,27,29). The number of amides is 2. The summed E-state index contributed by atoms with van der Waals surface area (Å²) in [7, 11) is 0. The van der Waals surface area contributed by atoms with Gasteiger partial charge >= 0.3 is 6.03 Å². The zero-order chi connectivity index (χ0) is 20.9. The molecule has 5 heteroatoms. The minimum Gasteiger partial charge on any atom is -0.444 e. The fourth-order valence-corrected chi connectivity index (χ4v) is 3.19. The molecule has 0 aliphatic carbocycles. The van der Waals surface area contributed by atoms with E-state index in [2.05, 4.69) is 47.7 Å². The van der Waals surface area contributed by atoms with Gasteiger partial charge in [0.25, 0.3) is 0 Å². The molecule has 0 bridgehead atoms. The molecule has 4 aromatic rings. The number of aromatic nitrogens is 1. The Labute approximate surface area is 175 Å². The molecule has 0 atom stereocenters. The van der Waals surface area contributed by atoms with Crippen molar-refractivity contribution in [3.05, 3.63) is 95.7 Å². The highest BCUT2D eigenvalue weighted by molar-refractivity contribution is 5.89. The quantitative estimate of drug-likeness (QED) is 0.437. The zero-order valence-electron chi connectivity index (χ0n) is 17.0. The lowest BCUT2D eigenvalue weighted by molar-refractivity contribution is 0.251. The molecular weight excluding hydrogens is 374 g/mol. The lowest BCUT2D eigenvalue weighted by atomic mass is 10.0. The maximum Gasteiger partial charge on any atom is 0.319 e. The largest absolute Gasteiger partial charge is 0.444 e. The maximum absolute atomic E-state index is 12.1. The van der Waals surface area contributed by atoms with E-state index >= 15 is 0 Å². The molecule has 0 saturated carbocycles. The Morgan fingerprint density at radius 1 is 0.967 bits per heavy atom. The molecular formula is C25H23N3O2. The summed E-state index contributed by atoms with van der Waals surface area (Å²) in [6, 6.07) is 23.2. The van der Waals surface area contributed by atoms with Crippen LogP contribution in [0.1, 0.15) is 16.7 Å². The van der Waals surface area contributed by atoms with Crippen LogP contribution in [0.2, 0.25) is 0 Å². The molecule has 2 amide bonds. The van der Waals surface area contributed by atoms with E-state index in [1.807, 2.05) is 54.6 Å². The van der Waals surface area contributed by atoms with Gasteiger partial charge in [0.2, 0.25) is 5.89 Å². The van der Waals surface area contributed by atoms with E-state index in [1.165, 1.54) is 5.56 Å². The number of benzene rings is 3. The first-order valence-corrected chi connectivity index (χ1v) is 9.81. The summed E-state index contributed by atoms with van der Waals surface area (Å²) in [6.45, 7) is 4.60. The second-order valence-electron chi connectivity index (χ2n) is 7.23. The molecule has 1 heterocycles. The van der Waals surface area contributed by atoms with Crippen LogP contribution in [-0.4, -0.2) is 11.0 Å². The summed E-state index contributed by atoms with van der Waals surface area (Å²) in [5, 5.41) is 5.68. The van der Waals surface area contributed by atoms with Crippen LogP contribution in [0, 0.1) is 13.8 Å². The number of rotatable bonds is 5. The van der Waals surface area contributed by atoms with E-state index in [0.717, 1.165) is 27.9 Å². The van der Waals surface area contributed by atoms with E-state index in [0.29, 0.717) is 18.1 Å². The topological polar surface area (TPSA) is 67.2 Å². The van der Waals surface area contributed by atoms with Crippen molar-refractivity contribution in [3.8, 4) is 22.7 Å². The number of anilines is 1. The Morgan fingerprint density at radius 3 is 2.50 bits per heavy atom. The van der Waals surface area contributed by atoms with Crippen molar-refractivity contribution in [2.24, 2.45) is 0 Å². The van der Waals surface area contributed by atoms with E-state index in [-0.39, 0.29) is 6.03 Å². The van der Waals surface area contributed by atoms with Crippen LogP contribution in [0.4, 0.5) is 10.5 Å². The van der Waals surface area contributed by atoms with Crippen molar-refractivity contribution in [1.82, 2.24) is 10.3 Å². The molecule has 1 aromatic heterocycles. The molecule has 2 N–H and O–H groups in total. The van der Waals surface area contributed by atoms with Crippen LogP contribution in [0.5, 0.6) is 0 Å². The molecule has 4 rings (SSSR count). The smallest absolute Gasteiger partial charge is 0.319 e. The van der Waals surface area contributed by atoms with Gasteiger partial charge in [0.15, 0.2) is 0 Å². The number of nitrogens with one attached hydrogen (secondary N) is 2. The Bertz CT molecular complexity index is 1150. The van der Waals surface area contributed by atoms with Crippen LogP contribution in [0.15, 0.2) is 83.5 Å². The predicted octanol–water partition coefficient (Wildman–Crippen LogP) is 5.95. The monoisotopic (exact) mass is 397 g/mol. The van der Waals surface area contributed by atoms with Crippen molar-refractivity contribution in [3.63, 3.8) is 0 Å². The molecule has 5 nitrogen and oxygen atoms in total. The van der Waals surface area contributed by atoms with Gasteiger partial charge in [-0.05, 0) is 55.3 Å². The highest BCUT2D eigenvalue weighted by Crippen LogP contribution is 2.28. The van der Waals surface area contributed by atoms with Gasteiger partial charge in [-0.15, -0.1) is 0 Å². The highest BCUT2D eigenvalue weighted by Gasteiger charge is 2.11. The average Bonchev–Trinajstić information content (AvgIpc) is 3.25. The van der Waals surface area contributed by atoms with E-state index in [9.17, 15) is 4.79 Å². The van der Waals surface area contributed by atoms with Crippen molar-refractivity contribution in [2.75, 3.05) is 5.32 Å². The summed E-state index contributed by atoms with van der Waals surface area (Å²) >= 11 is 0. The number of hydrogen-bond donors (Lipinski definition) is 2. The minimum atomic E-state index is -0.250. The van der Waals surface area contributed by atoms with Gasteiger partial charge in [-0.25, -0.2) is 9.78 Å². The summed E-state index contributed by atoms with van der Waals surface area (Å²) < 4.78 is 5.70. The highest BCUT2D eigenvalue weighted by atomic mass is 16.3. The van der Waals surface area contributed by atoms with Gasteiger partial charge in [-0.2, -0.15) is 0 Å². The van der Waals surface area contributed by atoms with Gasteiger partial charge in [-0.3, -0.25) is 0 Å².